The normalized spacial score (nSPS) is 10.8. The van der Waals surface area contributed by atoms with Crippen LogP contribution in [-0.2, 0) is 11.2 Å². The van der Waals surface area contributed by atoms with E-state index in [1.165, 1.54) is 0 Å². The maximum Gasteiger partial charge on any atom is 0.107 e. The predicted molar refractivity (Wildman–Crippen MR) is 58.5 cm³/mol. The fourth-order valence-electron chi connectivity index (χ4n) is 1.60. The van der Waals surface area contributed by atoms with Gasteiger partial charge in [-0.1, -0.05) is 0 Å². The number of nitrogens with zero attached hydrogens (tertiary/aromatic N) is 1. The van der Waals surface area contributed by atoms with Crippen LogP contribution in [0.3, 0.4) is 0 Å². The molecule has 5 heteroatoms. The number of aromatic amines is 1. The van der Waals surface area contributed by atoms with Crippen LogP contribution in [0.4, 0.5) is 5.69 Å². The second-order valence-electron chi connectivity index (χ2n) is 3.69. The molecule has 0 saturated carbocycles. The van der Waals surface area contributed by atoms with Gasteiger partial charge in [-0.3, -0.25) is 0 Å². The second-order valence-corrected chi connectivity index (χ2v) is 3.69. The topological polar surface area (TPSA) is 94.8 Å². The van der Waals surface area contributed by atoms with E-state index in [0.717, 1.165) is 16.9 Å². The van der Waals surface area contributed by atoms with Crippen molar-refractivity contribution >= 4 is 22.7 Å². The highest BCUT2D eigenvalue weighted by molar-refractivity contribution is 5.78. The molecule has 0 amide bonds. The minimum Gasteiger partial charge on any atom is -0.550 e. The zero-order valence-electron chi connectivity index (χ0n) is 8.69. The fraction of sp³-hybridized carbons (Fsp3) is 0.273. The number of benzene rings is 1. The van der Waals surface area contributed by atoms with Crippen LogP contribution in [0.25, 0.3) is 11.0 Å². The maximum absolute atomic E-state index is 10.2. The van der Waals surface area contributed by atoms with Crippen molar-refractivity contribution in [3.63, 3.8) is 0 Å². The first-order valence-corrected chi connectivity index (χ1v) is 5.09. The molecule has 5 nitrogen and oxygen atoms in total. The highest BCUT2D eigenvalue weighted by Crippen LogP contribution is 2.15. The molecule has 1 aromatic heterocycles. The summed E-state index contributed by atoms with van der Waals surface area (Å²) in [6, 6.07) is 5.43. The van der Waals surface area contributed by atoms with Crippen molar-refractivity contribution in [2.24, 2.45) is 0 Å². The lowest BCUT2D eigenvalue weighted by Crippen LogP contribution is -2.21. The first kappa shape index (κ1) is 10.5. The molecule has 0 fully saturated rings. The molecule has 84 valence electrons. The number of hydrogen-bond acceptors (Lipinski definition) is 4. The van der Waals surface area contributed by atoms with Crippen molar-refractivity contribution < 1.29 is 9.90 Å². The molecule has 0 atom stereocenters. The van der Waals surface area contributed by atoms with Crippen molar-refractivity contribution in [1.82, 2.24) is 9.97 Å². The third-order valence-corrected chi connectivity index (χ3v) is 2.35. The molecule has 16 heavy (non-hydrogen) atoms. The number of imidazole rings is 1. The number of aryl methyl sites for hydroxylation is 1. The molecule has 2 rings (SSSR count). The number of fused-ring (bicyclic) bond motifs is 1. The van der Waals surface area contributed by atoms with E-state index >= 15 is 0 Å². The summed E-state index contributed by atoms with van der Waals surface area (Å²) in [5.74, 6) is -0.248. The molecule has 1 aromatic carbocycles. The lowest BCUT2D eigenvalue weighted by Gasteiger charge is -1.98. The Labute approximate surface area is 92.3 Å². The number of nitrogen functional groups attached to an aromatic ring is 1. The number of nitrogens with two attached hydrogens (primary N) is 1. The molecular weight excluding hydrogens is 206 g/mol. The molecule has 0 aliphatic heterocycles. The Morgan fingerprint density at radius 3 is 3.06 bits per heavy atom. The smallest absolute Gasteiger partial charge is 0.107 e. The molecule has 0 spiro atoms. The number of aromatic nitrogens is 2. The van der Waals surface area contributed by atoms with Gasteiger partial charge in [0.25, 0.3) is 0 Å². The number of carboxylic acids is 1. The van der Waals surface area contributed by atoms with Gasteiger partial charge in [0.2, 0.25) is 0 Å². The summed E-state index contributed by atoms with van der Waals surface area (Å²) in [5.41, 5.74) is 8.04. The zero-order valence-corrected chi connectivity index (χ0v) is 8.69. The van der Waals surface area contributed by atoms with Crippen molar-refractivity contribution in [2.75, 3.05) is 5.73 Å². The summed E-state index contributed by atoms with van der Waals surface area (Å²) < 4.78 is 0. The molecule has 2 aromatic rings. The van der Waals surface area contributed by atoms with E-state index in [-0.39, 0.29) is 6.42 Å². The molecule has 0 unspecified atom stereocenters. The Bertz CT molecular complexity index is 519. The number of carbonyl (C=O) groups excluding carboxylic acids is 1. The Morgan fingerprint density at radius 2 is 2.31 bits per heavy atom. The van der Waals surface area contributed by atoms with Gasteiger partial charge in [-0.15, -0.1) is 0 Å². The van der Waals surface area contributed by atoms with Crippen molar-refractivity contribution in [3.8, 4) is 0 Å². The van der Waals surface area contributed by atoms with Crippen LogP contribution in [0.15, 0.2) is 18.2 Å². The van der Waals surface area contributed by atoms with Gasteiger partial charge in [0.1, 0.15) is 5.82 Å². The van der Waals surface area contributed by atoms with Crippen LogP contribution in [0.1, 0.15) is 18.7 Å². The number of anilines is 1. The summed E-state index contributed by atoms with van der Waals surface area (Å²) in [5, 5.41) is 10.2. The minimum atomic E-state index is -1.03. The van der Waals surface area contributed by atoms with Gasteiger partial charge in [0, 0.05) is 18.1 Å². The predicted octanol–water partition coefficient (Wildman–Crippen LogP) is 0.218. The average molecular weight is 218 g/mol. The van der Waals surface area contributed by atoms with Gasteiger partial charge in [0.05, 0.1) is 11.0 Å². The molecule has 0 bridgehead atoms. The van der Waals surface area contributed by atoms with E-state index < -0.39 is 5.97 Å². The van der Waals surface area contributed by atoms with Crippen LogP contribution in [0.5, 0.6) is 0 Å². The first-order chi connectivity index (χ1) is 7.65. The highest BCUT2D eigenvalue weighted by Gasteiger charge is 2.02. The molecule has 1 heterocycles. The van der Waals surface area contributed by atoms with Crippen molar-refractivity contribution in [3.05, 3.63) is 24.0 Å². The van der Waals surface area contributed by atoms with Gasteiger partial charge in [0.15, 0.2) is 0 Å². The van der Waals surface area contributed by atoms with Gasteiger partial charge in [-0.05, 0) is 31.0 Å². The Kier molecular flexibility index (Phi) is 2.76. The number of nitrogens with one attached hydrogen (secondary N) is 1. The molecule has 0 radical (unpaired) electrons. The molecule has 0 aliphatic rings. The third-order valence-electron chi connectivity index (χ3n) is 2.35. The largest absolute Gasteiger partial charge is 0.550 e. The number of H-pyrrole nitrogens is 1. The number of carbonyl (C=O) groups is 1. The van der Waals surface area contributed by atoms with Gasteiger partial charge in [-0.2, -0.15) is 0 Å². The highest BCUT2D eigenvalue weighted by atomic mass is 16.4. The second kappa shape index (κ2) is 4.22. The number of rotatable bonds is 4. The minimum absolute atomic E-state index is 0.0547. The number of hydrogen-bond donors (Lipinski definition) is 2. The van der Waals surface area contributed by atoms with Crippen LogP contribution in [-0.4, -0.2) is 15.9 Å². The van der Waals surface area contributed by atoms with Crippen LogP contribution >= 0.6 is 0 Å². The zero-order chi connectivity index (χ0) is 11.5. The van der Waals surface area contributed by atoms with Crippen LogP contribution < -0.4 is 10.8 Å². The van der Waals surface area contributed by atoms with E-state index in [2.05, 4.69) is 9.97 Å². The van der Waals surface area contributed by atoms with Crippen LogP contribution in [0.2, 0.25) is 0 Å². The van der Waals surface area contributed by atoms with E-state index in [1.54, 1.807) is 6.07 Å². The lowest BCUT2D eigenvalue weighted by molar-refractivity contribution is -0.305. The third kappa shape index (κ3) is 2.31. The monoisotopic (exact) mass is 218 g/mol. The Morgan fingerprint density at radius 1 is 1.50 bits per heavy atom. The summed E-state index contributed by atoms with van der Waals surface area (Å²) in [6.45, 7) is 0. The lowest BCUT2D eigenvalue weighted by atomic mass is 10.2. The SMILES string of the molecule is Nc1ccc2nc(CCCC(=O)[O-])[nH]c2c1. The molecule has 0 saturated heterocycles. The maximum atomic E-state index is 10.2. The van der Waals surface area contributed by atoms with Crippen molar-refractivity contribution in [2.45, 2.75) is 19.3 Å². The van der Waals surface area contributed by atoms with E-state index in [1.807, 2.05) is 12.1 Å². The number of aliphatic carboxylic acids is 1. The van der Waals surface area contributed by atoms with E-state index in [4.69, 9.17) is 5.73 Å². The molecule has 0 aliphatic carbocycles. The number of carboxylic acid groups (broad SMARTS) is 1. The van der Waals surface area contributed by atoms with Gasteiger partial charge in [-0.25, -0.2) is 4.98 Å². The summed E-state index contributed by atoms with van der Waals surface area (Å²) in [4.78, 5) is 17.7. The summed E-state index contributed by atoms with van der Waals surface area (Å²) in [7, 11) is 0. The Hall–Kier alpha value is -2.04. The molecule has 3 N–H and O–H groups in total. The van der Waals surface area contributed by atoms with Crippen molar-refractivity contribution in [1.29, 1.82) is 0 Å². The van der Waals surface area contributed by atoms with Crippen LogP contribution in [0, 0.1) is 0 Å². The standard InChI is InChI=1S/C11H13N3O2/c12-7-4-5-8-9(6-7)14-10(13-8)2-1-3-11(15)16/h4-6H,1-3,12H2,(H,13,14)(H,15,16)/p-1. The summed E-state index contributed by atoms with van der Waals surface area (Å²) >= 11 is 0. The summed E-state index contributed by atoms with van der Waals surface area (Å²) in [6.07, 6.45) is 1.18. The van der Waals surface area contributed by atoms with E-state index in [0.29, 0.717) is 18.5 Å². The first-order valence-electron chi connectivity index (χ1n) is 5.09. The van der Waals surface area contributed by atoms with Gasteiger partial charge < -0.3 is 20.6 Å². The molecular formula is C11H12N3O2-. The Balaban J connectivity index is 2.10. The fourth-order valence-corrected chi connectivity index (χ4v) is 1.60. The van der Waals surface area contributed by atoms with E-state index in [9.17, 15) is 9.90 Å². The average Bonchev–Trinajstić information content (AvgIpc) is 2.58. The van der Waals surface area contributed by atoms with Gasteiger partial charge >= 0.3 is 0 Å². The quantitative estimate of drug-likeness (QED) is 0.717.